The Labute approximate surface area is 98.5 Å². The quantitative estimate of drug-likeness (QED) is 0.778. The van der Waals surface area contributed by atoms with Crippen molar-refractivity contribution in [3.8, 4) is 0 Å². The highest BCUT2D eigenvalue weighted by atomic mass is 32.1. The van der Waals surface area contributed by atoms with Crippen LogP contribution in [0.3, 0.4) is 0 Å². The molecule has 1 heterocycles. The van der Waals surface area contributed by atoms with Crippen LogP contribution in [0.15, 0.2) is 5.51 Å². The first-order chi connectivity index (χ1) is 7.34. The molecule has 0 bridgehead atoms. The van der Waals surface area contributed by atoms with E-state index in [9.17, 15) is 0 Å². The lowest BCUT2D eigenvalue weighted by Crippen LogP contribution is -2.38. The van der Waals surface area contributed by atoms with E-state index in [1.54, 1.807) is 5.51 Å². The summed E-state index contributed by atoms with van der Waals surface area (Å²) in [5.74, 6) is 0. The SMILES string of the molecule is S=C(Nc1nncs1)NC1CCCCC1. The summed E-state index contributed by atoms with van der Waals surface area (Å²) < 4.78 is 0. The van der Waals surface area contributed by atoms with Crippen LogP contribution in [0.2, 0.25) is 0 Å². The van der Waals surface area contributed by atoms with Crippen molar-refractivity contribution >= 4 is 33.8 Å². The molecule has 6 heteroatoms. The van der Waals surface area contributed by atoms with Crippen LogP contribution in [0.5, 0.6) is 0 Å². The summed E-state index contributed by atoms with van der Waals surface area (Å²) in [5, 5.41) is 15.4. The van der Waals surface area contributed by atoms with Gasteiger partial charge in [0.05, 0.1) is 0 Å². The van der Waals surface area contributed by atoms with E-state index in [-0.39, 0.29) is 0 Å². The summed E-state index contributed by atoms with van der Waals surface area (Å²) in [6.45, 7) is 0. The van der Waals surface area contributed by atoms with Crippen LogP contribution in [0, 0.1) is 0 Å². The molecule has 0 saturated heterocycles. The monoisotopic (exact) mass is 242 g/mol. The fourth-order valence-electron chi connectivity index (χ4n) is 1.79. The third-order valence-electron chi connectivity index (χ3n) is 2.52. The minimum absolute atomic E-state index is 0.534. The Bertz CT molecular complexity index is 306. The molecule has 0 aliphatic heterocycles. The van der Waals surface area contributed by atoms with E-state index < -0.39 is 0 Å². The number of anilines is 1. The lowest BCUT2D eigenvalue weighted by Gasteiger charge is -2.23. The standard InChI is InChI=1S/C9H14N4S2/c14-8(12-9-13-10-6-15-9)11-7-4-2-1-3-5-7/h6-7H,1-5H2,(H2,11,12,13,14). The predicted molar refractivity (Wildman–Crippen MR) is 66.1 cm³/mol. The Kier molecular flexibility index (Phi) is 3.85. The maximum absolute atomic E-state index is 5.20. The van der Waals surface area contributed by atoms with E-state index in [1.807, 2.05) is 0 Å². The van der Waals surface area contributed by atoms with Crippen LogP contribution >= 0.6 is 23.6 Å². The van der Waals surface area contributed by atoms with Crippen molar-refractivity contribution in [2.24, 2.45) is 0 Å². The van der Waals surface area contributed by atoms with E-state index >= 15 is 0 Å². The van der Waals surface area contributed by atoms with Gasteiger partial charge in [-0.15, -0.1) is 10.2 Å². The van der Waals surface area contributed by atoms with E-state index in [4.69, 9.17) is 12.2 Å². The van der Waals surface area contributed by atoms with Gasteiger partial charge >= 0.3 is 0 Å². The lowest BCUT2D eigenvalue weighted by molar-refractivity contribution is 0.415. The Morgan fingerprint density at radius 3 is 2.87 bits per heavy atom. The van der Waals surface area contributed by atoms with Gasteiger partial charge in [-0.3, -0.25) is 0 Å². The molecule has 0 spiro atoms. The molecule has 0 unspecified atom stereocenters. The van der Waals surface area contributed by atoms with Gasteiger partial charge in [-0.2, -0.15) is 0 Å². The number of nitrogens with zero attached hydrogens (tertiary/aromatic N) is 2. The van der Waals surface area contributed by atoms with Gasteiger partial charge < -0.3 is 10.6 Å². The molecule has 82 valence electrons. The van der Waals surface area contributed by atoms with E-state index in [2.05, 4.69) is 20.8 Å². The topological polar surface area (TPSA) is 49.8 Å². The highest BCUT2D eigenvalue weighted by Crippen LogP contribution is 2.17. The summed E-state index contributed by atoms with van der Waals surface area (Å²) in [4.78, 5) is 0. The van der Waals surface area contributed by atoms with Crippen molar-refractivity contribution in [3.63, 3.8) is 0 Å². The molecule has 4 nitrogen and oxygen atoms in total. The molecule has 1 saturated carbocycles. The molecular formula is C9H14N4S2. The first-order valence-electron chi connectivity index (χ1n) is 5.18. The zero-order chi connectivity index (χ0) is 10.5. The largest absolute Gasteiger partial charge is 0.360 e. The number of hydrogen-bond acceptors (Lipinski definition) is 4. The highest BCUT2D eigenvalue weighted by Gasteiger charge is 2.14. The molecule has 0 radical (unpaired) electrons. The normalized spacial score (nSPS) is 17.3. The number of aromatic nitrogens is 2. The fourth-order valence-corrected chi connectivity index (χ4v) is 2.57. The summed E-state index contributed by atoms with van der Waals surface area (Å²) in [5.41, 5.74) is 1.69. The fraction of sp³-hybridized carbons (Fsp3) is 0.667. The summed E-state index contributed by atoms with van der Waals surface area (Å²) in [6, 6.07) is 0.534. The van der Waals surface area contributed by atoms with Crippen LogP contribution in [-0.2, 0) is 0 Å². The Balaban J connectivity index is 1.76. The number of thiocarbonyl (C=S) groups is 1. The summed E-state index contributed by atoms with van der Waals surface area (Å²) in [7, 11) is 0. The van der Waals surface area contributed by atoms with Crippen molar-refractivity contribution in [1.82, 2.24) is 15.5 Å². The second-order valence-electron chi connectivity index (χ2n) is 3.68. The molecule has 1 aromatic rings. The average Bonchev–Trinajstić information content (AvgIpc) is 2.71. The number of nitrogens with one attached hydrogen (secondary N) is 2. The molecule has 2 N–H and O–H groups in total. The van der Waals surface area contributed by atoms with Crippen LogP contribution in [0.4, 0.5) is 5.13 Å². The molecule has 1 aromatic heterocycles. The van der Waals surface area contributed by atoms with Crippen molar-refractivity contribution < 1.29 is 0 Å². The molecule has 2 rings (SSSR count). The van der Waals surface area contributed by atoms with E-state index in [0.29, 0.717) is 11.2 Å². The van der Waals surface area contributed by atoms with Gasteiger partial charge in [0.1, 0.15) is 5.51 Å². The molecule has 15 heavy (non-hydrogen) atoms. The molecular weight excluding hydrogens is 228 g/mol. The zero-order valence-electron chi connectivity index (χ0n) is 8.40. The second kappa shape index (κ2) is 5.37. The van der Waals surface area contributed by atoms with Crippen LogP contribution in [-0.4, -0.2) is 21.4 Å². The molecule has 0 aromatic carbocycles. The van der Waals surface area contributed by atoms with Crippen molar-refractivity contribution in [2.75, 3.05) is 5.32 Å². The maximum Gasteiger partial charge on any atom is 0.211 e. The van der Waals surface area contributed by atoms with Crippen molar-refractivity contribution in [3.05, 3.63) is 5.51 Å². The highest BCUT2D eigenvalue weighted by molar-refractivity contribution is 7.80. The molecule has 0 atom stereocenters. The minimum Gasteiger partial charge on any atom is -0.360 e. The number of hydrogen-bond donors (Lipinski definition) is 2. The van der Waals surface area contributed by atoms with Crippen LogP contribution in [0.25, 0.3) is 0 Å². The smallest absolute Gasteiger partial charge is 0.211 e. The Morgan fingerprint density at radius 1 is 1.40 bits per heavy atom. The van der Waals surface area contributed by atoms with Crippen molar-refractivity contribution in [1.29, 1.82) is 0 Å². The molecule has 1 aliphatic rings. The van der Waals surface area contributed by atoms with Crippen LogP contribution in [0.1, 0.15) is 32.1 Å². The van der Waals surface area contributed by atoms with Gasteiger partial charge in [-0.1, -0.05) is 30.6 Å². The summed E-state index contributed by atoms with van der Waals surface area (Å²) in [6.07, 6.45) is 6.41. The van der Waals surface area contributed by atoms with Gasteiger partial charge in [0.25, 0.3) is 0 Å². The third-order valence-corrected chi connectivity index (χ3v) is 3.35. The molecule has 0 amide bonds. The Hall–Kier alpha value is -0.750. The van der Waals surface area contributed by atoms with Gasteiger partial charge in [-0.05, 0) is 25.1 Å². The third kappa shape index (κ3) is 3.39. The molecule has 1 aliphatic carbocycles. The number of rotatable bonds is 2. The maximum atomic E-state index is 5.20. The predicted octanol–water partition coefficient (Wildman–Crippen LogP) is 2.16. The minimum atomic E-state index is 0.534. The van der Waals surface area contributed by atoms with E-state index in [1.165, 1.54) is 43.4 Å². The average molecular weight is 242 g/mol. The van der Waals surface area contributed by atoms with Gasteiger partial charge in [0, 0.05) is 6.04 Å². The van der Waals surface area contributed by atoms with Crippen LogP contribution < -0.4 is 10.6 Å². The first kappa shape index (κ1) is 10.8. The van der Waals surface area contributed by atoms with Gasteiger partial charge in [-0.25, -0.2) is 0 Å². The van der Waals surface area contributed by atoms with Crippen molar-refractivity contribution in [2.45, 2.75) is 38.1 Å². The molecule has 1 fully saturated rings. The first-order valence-corrected chi connectivity index (χ1v) is 6.47. The second-order valence-corrected chi connectivity index (χ2v) is 4.92. The summed E-state index contributed by atoms with van der Waals surface area (Å²) >= 11 is 6.65. The zero-order valence-corrected chi connectivity index (χ0v) is 10.0. The lowest BCUT2D eigenvalue weighted by atomic mass is 9.96. The van der Waals surface area contributed by atoms with Gasteiger partial charge in [0.2, 0.25) is 5.13 Å². The van der Waals surface area contributed by atoms with E-state index in [0.717, 1.165) is 5.13 Å². The Morgan fingerprint density at radius 2 is 2.20 bits per heavy atom. The van der Waals surface area contributed by atoms with Gasteiger partial charge in [0.15, 0.2) is 5.11 Å².